The fourth-order valence-corrected chi connectivity index (χ4v) is 3.72. The Labute approximate surface area is 119 Å². The van der Waals surface area contributed by atoms with E-state index in [0.29, 0.717) is 6.54 Å². The molecule has 1 aromatic carbocycles. The molecular weight excluding hydrogens is 283 g/mol. The zero-order valence-electron chi connectivity index (χ0n) is 12.0. The van der Waals surface area contributed by atoms with Crippen molar-refractivity contribution in [3.05, 3.63) is 29.6 Å². The second-order valence-corrected chi connectivity index (χ2v) is 6.36. The van der Waals surface area contributed by atoms with E-state index in [4.69, 9.17) is 10.5 Å². The SMILES string of the molecule is CCN(C(C)COC)S(=O)(=O)c1ccc(F)c(CN)c1. The van der Waals surface area contributed by atoms with Crippen LogP contribution in [-0.4, -0.2) is 39.0 Å². The van der Waals surface area contributed by atoms with Gasteiger partial charge in [-0.15, -0.1) is 0 Å². The fourth-order valence-electron chi connectivity index (χ4n) is 2.05. The molecule has 20 heavy (non-hydrogen) atoms. The van der Waals surface area contributed by atoms with E-state index in [9.17, 15) is 12.8 Å². The van der Waals surface area contributed by atoms with Crippen molar-refractivity contribution in [1.29, 1.82) is 0 Å². The second-order valence-electron chi connectivity index (χ2n) is 4.47. The molecule has 1 atom stereocenters. The lowest BCUT2D eigenvalue weighted by atomic mass is 10.2. The molecule has 2 N–H and O–H groups in total. The van der Waals surface area contributed by atoms with Gasteiger partial charge in [0.15, 0.2) is 0 Å². The van der Waals surface area contributed by atoms with Crippen LogP contribution in [0.1, 0.15) is 19.4 Å². The van der Waals surface area contributed by atoms with Crippen LogP contribution in [0.4, 0.5) is 4.39 Å². The first kappa shape index (κ1) is 17.0. The van der Waals surface area contributed by atoms with Crippen LogP contribution in [0.5, 0.6) is 0 Å². The van der Waals surface area contributed by atoms with Gasteiger partial charge in [-0.05, 0) is 25.1 Å². The predicted octanol–water partition coefficient (Wildman–Crippen LogP) is 1.33. The van der Waals surface area contributed by atoms with Crippen LogP contribution in [0.2, 0.25) is 0 Å². The molecule has 0 radical (unpaired) electrons. The minimum atomic E-state index is -3.69. The number of methoxy groups -OCH3 is 1. The third kappa shape index (κ3) is 3.54. The quantitative estimate of drug-likeness (QED) is 0.825. The van der Waals surface area contributed by atoms with Crippen molar-refractivity contribution >= 4 is 10.0 Å². The molecule has 7 heteroatoms. The average Bonchev–Trinajstić information content (AvgIpc) is 2.39. The number of hydrogen-bond donors (Lipinski definition) is 1. The van der Waals surface area contributed by atoms with Crippen molar-refractivity contribution in [3.8, 4) is 0 Å². The maximum absolute atomic E-state index is 13.4. The van der Waals surface area contributed by atoms with Crippen molar-refractivity contribution in [3.63, 3.8) is 0 Å². The molecule has 1 aromatic rings. The molecule has 114 valence electrons. The standard InChI is InChI=1S/C13H21FN2O3S/c1-4-16(10(2)9-19-3)20(17,18)12-5-6-13(14)11(7-12)8-15/h5-7,10H,4,8-9,15H2,1-3H3. The molecule has 0 saturated carbocycles. The van der Waals surface area contributed by atoms with Gasteiger partial charge in [-0.3, -0.25) is 0 Å². The molecule has 0 spiro atoms. The summed E-state index contributed by atoms with van der Waals surface area (Å²) in [5, 5.41) is 0. The average molecular weight is 304 g/mol. The van der Waals surface area contributed by atoms with Crippen LogP contribution >= 0.6 is 0 Å². The predicted molar refractivity (Wildman–Crippen MR) is 75.2 cm³/mol. The largest absolute Gasteiger partial charge is 0.383 e. The van der Waals surface area contributed by atoms with Gasteiger partial charge in [0.1, 0.15) is 5.82 Å². The van der Waals surface area contributed by atoms with Crippen LogP contribution in [0.3, 0.4) is 0 Å². The van der Waals surface area contributed by atoms with Gasteiger partial charge in [0.05, 0.1) is 11.5 Å². The Hall–Kier alpha value is -1.02. The first-order valence-electron chi connectivity index (χ1n) is 6.37. The molecule has 0 saturated heterocycles. The van der Waals surface area contributed by atoms with Gasteiger partial charge >= 0.3 is 0 Å². The van der Waals surface area contributed by atoms with Gasteiger partial charge in [0.25, 0.3) is 0 Å². The van der Waals surface area contributed by atoms with Crippen molar-refractivity contribution in [1.82, 2.24) is 4.31 Å². The highest BCUT2D eigenvalue weighted by Gasteiger charge is 2.28. The summed E-state index contributed by atoms with van der Waals surface area (Å²) in [5.74, 6) is -0.501. The smallest absolute Gasteiger partial charge is 0.243 e. The Morgan fingerprint density at radius 3 is 2.60 bits per heavy atom. The first-order valence-corrected chi connectivity index (χ1v) is 7.81. The molecule has 5 nitrogen and oxygen atoms in total. The van der Waals surface area contributed by atoms with Gasteiger partial charge in [-0.2, -0.15) is 4.31 Å². The van der Waals surface area contributed by atoms with E-state index in [1.165, 1.54) is 23.5 Å². The maximum atomic E-state index is 13.4. The molecule has 0 aromatic heterocycles. The topological polar surface area (TPSA) is 72.6 Å². The van der Waals surface area contributed by atoms with E-state index < -0.39 is 15.8 Å². The molecule has 1 rings (SSSR count). The van der Waals surface area contributed by atoms with E-state index in [1.807, 2.05) is 0 Å². The molecule has 0 aliphatic carbocycles. The number of ether oxygens (including phenoxy) is 1. The number of nitrogens with two attached hydrogens (primary N) is 1. The van der Waals surface area contributed by atoms with Gasteiger partial charge in [-0.1, -0.05) is 6.92 Å². The van der Waals surface area contributed by atoms with Crippen LogP contribution in [0.25, 0.3) is 0 Å². The van der Waals surface area contributed by atoms with Gasteiger partial charge < -0.3 is 10.5 Å². The molecule has 0 amide bonds. The Morgan fingerprint density at radius 2 is 2.10 bits per heavy atom. The third-order valence-electron chi connectivity index (χ3n) is 3.05. The van der Waals surface area contributed by atoms with Gasteiger partial charge in [0.2, 0.25) is 10.0 Å². The normalized spacial score (nSPS) is 13.7. The molecule has 0 bridgehead atoms. The Morgan fingerprint density at radius 1 is 1.45 bits per heavy atom. The summed E-state index contributed by atoms with van der Waals surface area (Å²) >= 11 is 0. The Balaban J connectivity index is 3.20. The zero-order valence-corrected chi connectivity index (χ0v) is 12.8. The molecule has 1 unspecified atom stereocenters. The minimum Gasteiger partial charge on any atom is -0.383 e. The van der Waals surface area contributed by atoms with Gasteiger partial charge in [-0.25, -0.2) is 12.8 Å². The summed E-state index contributed by atoms with van der Waals surface area (Å²) in [6, 6.07) is 3.37. The van der Waals surface area contributed by atoms with Crippen molar-refractivity contribution in [2.24, 2.45) is 5.73 Å². The summed E-state index contributed by atoms with van der Waals surface area (Å²) in [5.41, 5.74) is 5.59. The summed E-state index contributed by atoms with van der Waals surface area (Å²) in [7, 11) is -2.18. The highest BCUT2D eigenvalue weighted by molar-refractivity contribution is 7.89. The minimum absolute atomic E-state index is 0.0455. The van der Waals surface area contributed by atoms with Crippen LogP contribution in [0, 0.1) is 5.82 Å². The number of nitrogens with zero attached hydrogens (tertiary/aromatic N) is 1. The lowest BCUT2D eigenvalue weighted by Gasteiger charge is -2.26. The Bertz CT molecular complexity index is 549. The monoisotopic (exact) mass is 304 g/mol. The van der Waals surface area contributed by atoms with E-state index >= 15 is 0 Å². The number of likely N-dealkylation sites (N-methyl/N-ethyl adjacent to an activating group) is 1. The molecule has 0 aliphatic heterocycles. The van der Waals surface area contributed by atoms with Crippen LogP contribution in [-0.2, 0) is 21.3 Å². The summed E-state index contributed by atoms with van der Waals surface area (Å²) in [4.78, 5) is 0.0455. The second kappa shape index (κ2) is 7.12. The molecule has 0 fully saturated rings. The van der Waals surface area contributed by atoms with E-state index in [1.54, 1.807) is 13.8 Å². The highest BCUT2D eigenvalue weighted by atomic mass is 32.2. The number of rotatable bonds is 7. The number of hydrogen-bond acceptors (Lipinski definition) is 4. The van der Waals surface area contributed by atoms with E-state index in [-0.39, 0.29) is 29.7 Å². The fraction of sp³-hybridized carbons (Fsp3) is 0.538. The summed E-state index contributed by atoms with van der Waals surface area (Å²) < 4.78 is 44.9. The van der Waals surface area contributed by atoms with E-state index in [2.05, 4.69) is 0 Å². The molecular formula is C13H21FN2O3S. The first-order chi connectivity index (χ1) is 9.38. The number of halogens is 1. The van der Waals surface area contributed by atoms with Crippen molar-refractivity contribution in [2.75, 3.05) is 20.3 Å². The number of benzene rings is 1. The number of sulfonamides is 1. The van der Waals surface area contributed by atoms with Crippen LogP contribution in [0.15, 0.2) is 23.1 Å². The molecule has 0 heterocycles. The summed E-state index contributed by atoms with van der Waals surface area (Å²) in [6.07, 6.45) is 0. The maximum Gasteiger partial charge on any atom is 0.243 e. The van der Waals surface area contributed by atoms with Gasteiger partial charge in [0, 0.05) is 31.8 Å². The lowest BCUT2D eigenvalue weighted by molar-refractivity contribution is 0.142. The van der Waals surface area contributed by atoms with Crippen molar-refractivity contribution in [2.45, 2.75) is 31.3 Å². The zero-order chi connectivity index (χ0) is 15.3. The summed E-state index contributed by atoms with van der Waals surface area (Å²) in [6.45, 7) is 4.06. The molecule has 0 aliphatic rings. The van der Waals surface area contributed by atoms with Crippen molar-refractivity contribution < 1.29 is 17.5 Å². The lowest BCUT2D eigenvalue weighted by Crippen LogP contribution is -2.40. The van der Waals surface area contributed by atoms with Crippen LogP contribution < -0.4 is 5.73 Å². The Kier molecular flexibility index (Phi) is 6.07. The van der Waals surface area contributed by atoms with E-state index in [0.717, 1.165) is 6.07 Å². The third-order valence-corrected chi connectivity index (χ3v) is 5.14. The highest BCUT2D eigenvalue weighted by Crippen LogP contribution is 2.21.